The fraction of sp³-hybridized carbons (Fsp3) is 0.0714. The van der Waals surface area contributed by atoms with Gasteiger partial charge in [-0.1, -0.05) is 6.07 Å². The SMILES string of the molecule is O=C(COc1ccc([N+](=O)[O-])cc1)NN=Cc1ccccn1. The number of carbonyl (C=O) groups excluding carboxylic acids is 1. The second-order valence-corrected chi connectivity index (χ2v) is 4.09. The number of carbonyl (C=O) groups is 1. The topological polar surface area (TPSA) is 107 Å². The van der Waals surface area contributed by atoms with Gasteiger partial charge in [-0.2, -0.15) is 5.10 Å². The molecule has 0 radical (unpaired) electrons. The Bertz CT molecular complexity index is 671. The number of hydrogen-bond donors (Lipinski definition) is 1. The van der Waals surface area contributed by atoms with Crippen molar-refractivity contribution in [2.45, 2.75) is 0 Å². The van der Waals surface area contributed by atoms with Crippen LogP contribution in [0.5, 0.6) is 5.75 Å². The Morgan fingerprint density at radius 2 is 2.09 bits per heavy atom. The van der Waals surface area contributed by atoms with E-state index in [0.717, 1.165) is 0 Å². The van der Waals surface area contributed by atoms with Crippen LogP contribution in [0.1, 0.15) is 5.69 Å². The molecule has 1 aromatic carbocycles. The van der Waals surface area contributed by atoms with E-state index in [-0.39, 0.29) is 12.3 Å². The van der Waals surface area contributed by atoms with E-state index >= 15 is 0 Å². The maximum atomic E-state index is 11.5. The van der Waals surface area contributed by atoms with Crippen LogP contribution in [-0.4, -0.2) is 28.6 Å². The Morgan fingerprint density at radius 3 is 2.73 bits per heavy atom. The number of non-ortho nitro benzene ring substituents is 1. The number of nitrogens with one attached hydrogen (secondary N) is 1. The fourth-order valence-corrected chi connectivity index (χ4v) is 1.47. The summed E-state index contributed by atoms with van der Waals surface area (Å²) in [6.07, 6.45) is 3.02. The molecule has 1 amide bonds. The molecule has 1 N–H and O–H groups in total. The molecule has 0 atom stereocenters. The second-order valence-electron chi connectivity index (χ2n) is 4.09. The zero-order valence-corrected chi connectivity index (χ0v) is 11.4. The number of nitrogens with zero attached hydrogens (tertiary/aromatic N) is 3. The van der Waals surface area contributed by atoms with Crippen LogP contribution in [0, 0.1) is 10.1 Å². The van der Waals surface area contributed by atoms with E-state index in [4.69, 9.17) is 4.74 Å². The number of hydrogen-bond acceptors (Lipinski definition) is 6. The molecule has 112 valence electrons. The smallest absolute Gasteiger partial charge is 0.277 e. The minimum Gasteiger partial charge on any atom is -0.484 e. The van der Waals surface area contributed by atoms with Gasteiger partial charge in [-0.05, 0) is 24.3 Å². The third-order valence-corrected chi connectivity index (χ3v) is 2.49. The highest BCUT2D eigenvalue weighted by Crippen LogP contribution is 2.16. The number of benzene rings is 1. The Balaban J connectivity index is 1.78. The van der Waals surface area contributed by atoms with Gasteiger partial charge < -0.3 is 4.74 Å². The van der Waals surface area contributed by atoms with E-state index in [1.165, 1.54) is 30.5 Å². The van der Waals surface area contributed by atoms with Gasteiger partial charge in [-0.3, -0.25) is 19.9 Å². The van der Waals surface area contributed by atoms with Crippen molar-refractivity contribution in [1.82, 2.24) is 10.4 Å². The lowest BCUT2D eigenvalue weighted by Gasteiger charge is -2.04. The molecule has 0 aliphatic carbocycles. The third kappa shape index (κ3) is 4.67. The highest BCUT2D eigenvalue weighted by Gasteiger charge is 2.06. The van der Waals surface area contributed by atoms with Gasteiger partial charge in [0.2, 0.25) is 0 Å². The van der Waals surface area contributed by atoms with E-state index in [1.54, 1.807) is 24.4 Å². The summed E-state index contributed by atoms with van der Waals surface area (Å²) >= 11 is 0. The van der Waals surface area contributed by atoms with Crippen LogP contribution < -0.4 is 10.2 Å². The van der Waals surface area contributed by atoms with Gasteiger partial charge >= 0.3 is 0 Å². The van der Waals surface area contributed by atoms with Crippen molar-refractivity contribution in [3.8, 4) is 5.75 Å². The van der Waals surface area contributed by atoms with Gasteiger partial charge in [0.05, 0.1) is 16.8 Å². The molecule has 1 aromatic heterocycles. The van der Waals surface area contributed by atoms with Crippen LogP contribution in [0.3, 0.4) is 0 Å². The predicted octanol–water partition coefficient (Wildman–Crippen LogP) is 1.52. The standard InChI is InChI=1S/C14H12N4O4/c19-14(17-16-9-11-3-1-2-8-15-11)10-22-13-6-4-12(5-7-13)18(20)21/h1-9H,10H2,(H,17,19). The first-order valence-corrected chi connectivity index (χ1v) is 6.25. The van der Waals surface area contributed by atoms with Crippen molar-refractivity contribution in [2.75, 3.05) is 6.61 Å². The zero-order valence-electron chi connectivity index (χ0n) is 11.4. The number of hydrazone groups is 1. The number of rotatable bonds is 6. The Kier molecular flexibility index (Phi) is 5.14. The van der Waals surface area contributed by atoms with E-state index in [2.05, 4.69) is 15.5 Å². The van der Waals surface area contributed by atoms with E-state index in [1.807, 2.05) is 0 Å². The summed E-state index contributed by atoms with van der Waals surface area (Å²) in [4.78, 5) is 25.5. The van der Waals surface area contributed by atoms with Crippen molar-refractivity contribution in [1.29, 1.82) is 0 Å². The number of pyridine rings is 1. The maximum Gasteiger partial charge on any atom is 0.277 e. The van der Waals surface area contributed by atoms with Crippen molar-refractivity contribution in [3.63, 3.8) is 0 Å². The van der Waals surface area contributed by atoms with Crippen molar-refractivity contribution < 1.29 is 14.5 Å². The highest BCUT2D eigenvalue weighted by molar-refractivity contribution is 5.81. The summed E-state index contributed by atoms with van der Waals surface area (Å²) in [6, 6.07) is 10.7. The normalized spacial score (nSPS) is 10.4. The number of nitro groups is 1. The van der Waals surface area contributed by atoms with Crippen LogP contribution in [0.2, 0.25) is 0 Å². The number of ether oxygens (including phenoxy) is 1. The van der Waals surface area contributed by atoms with E-state index < -0.39 is 10.8 Å². The summed E-state index contributed by atoms with van der Waals surface area (Å²) in [5.74, 6) is -0.0972. The summed E-state index contributed by atoms with van der Waals surface area (Å²) in [5.41, 5.74) is 2.85. The molecular weight excluding hydrogens is 288 g/mol. The summed E-state index contributed by atoms with van der Waals surface area (Å²) < 4.78 is 5.18. The quantitative estimate of drug-likeness (QED) is 0.494. The second kappa shape index (κ2) is 7.48. The molecule has 0 saturated carbocycles. The lowest BCUT2D eigenvalue weighted by Crippen LogP contribution is -2.24. The minimum atomic E-state index is -0.511. The molecule has 8 heteroatoms. The first-order chi connectivity index (χ1) is 10.6. The first kappa shape index (κ1) is 15.1. The van der Waals surface area contributed by atoms with Gasteiger partial charge in [0.1, 0.15) is 5.75 Å². The van der Waals surface area contributed by atoms with Crippen molar-refractivity contribution in [2.24, 2.45) is 5.10 Å². The highest BCUT2D eigenvalue weighted by atomic mass is 16.6. The molecule has 2 aromatic rings. The molecule has 0 unspecified atom stereocenters. The fourth-order valence-electron chi connectivity index (χ4n) is 1.47. The average Bonchev–Trinajstić information content (AvgIpc) is 2.54. The third-order valence-electron chi connectivity index (χ3n) is 2.49. The predicted molar refractivity (Wildman–Crippen MR) is 78.6 cm³/mol. The van der Waals surface area contributed by atoms with Gasteiger partial charge in [0.25, 0.3) is 11.6 Å². The molecule has 0 aliphatic rings. The van der Waals surface area contributed by atoms with Crippen LogP contribution in [0.15, 0.2) is 53.8 Å². The number of amides is 1. The molecule has 0 bridgehead atoms. The van der Waals surface area contributed by atoms with E-state index in [9.17, 15) is 14.9 Å². The monoisotopic (exact) mass is 300 g/mol. The minimum absolute atomic E-state index is 0.0447. The van der Waals surface area contributed by atoms with Gasteiger partial charge in [0, 0.05) is 18.3 Å². The molecule has 0 aliphatic heterocycles. The first-order valence-electron chi connectivity index (χ1n) is 6.25. The molecule has 22 heavy (non-hydrogen) atoms. The molecule has 0 fully saturated rings. The van der Waals surface area contributed by atoms with Gasteiger partial charge in [-0.25, -0.2) is 5.43 Å². The van der Waals surface area contributed by atoms with Gasteiger partial charge in [-0.15, -0.1) is 0 Å². The summed E-state index contributed by atoms with van der Waals surface area (Å²) in [5, 5.41) is 14.2. The van der Waals surface area contributed by atoms with Crippen LogP contribution in [-0.2, 0) is 4.79 Å². The number of nitro benzene ring substituents is 1. The van der Waals surface area contributed by atoms with E-state index in [0.29, 0.717) is 11.4 Å². The largest absolute Gasteiger partial charge is 0.484 e. The van der Waals surface area contributed by atoms with Crippen LogP contribution in [0.4, 0.5) is 5.69 Å². The summed E-state index contributed by atoms with van der Waals surface area (Å²) in [7, 11) is 0. The maximum absolute atomic E-state index is 11.5. The van der Waals surface area contributed by atoms with Crippen LogP contribution in [0.25, 0.3) is 0 Å². The van der Waals surface area contributed by atoms with Gasteiger partial charge in [0.15, 0.2) is 6.61 Å². The molecule has 1 heterocycles. The van der Waals surface area contributed by atoms with Crippen LogP contribution >= 0.6 is 0 Å². The Hall–Kier alpha value is -3.29. The molecule has 0 saturated heterocycles. The molecular formula is C14H12N4O4. The molecule has 2 rings (SSSR count). The Morgan fingerprint density at radius 1 is 1.32 bits per heavy atom. The Labute approximate surface area is 125 Å². The number of aromatic nitrogens is 1. The zero-order chi connectivity index (χ0) is 15.8. The lowest BCUT2D eigenvalue weighted by molar-refractivity contribution is -0.384. The average molecular weight is 300 g/mol. The molecule has 0 spiro atoms. The summed E-state index contributed by atoms with van der Waals surface area (Å²) in [6.45, 7) is -0.253. The lowest BCUT2D eigenvalue weighted by atomic mass is 10.3. The van der Waals surface area contributed by atoms with Crippen molar-refractivity contribution >= 4 is 17.8 Å². The van der Waals surface area contributed by atoms with Crippen molar-refractivity contribution in [3.05, 3.63) is 64.5 Å². The molecule has 8 nitrogen and oxygen atoms in total.